The van der Waals surface area contributed by atoms with Crippen molar-refractivity contribution in [3.05, 3.63) is 46.8 Å². The van der Waals surface area contributed by atoms with Crippen molar-refractivity contribution in [2.24, 2.45) is 0 Å². The number of aromatic nitrogens is 5. The van der Waals surface area contributed by atoms with Crippen LogP contribution in [0, 0.1) is 0 Å². The quantitative estimate of drug-likeness (QED) is 0.638. The van der Waals surface area contributed by atoms with Gasteiger partial charge in [0.2, 0.25) is 0 Å². The third kappa shape index (κ3) is 2.59. The molecule has 3 N–H and O–H groups in total. The molecule has 0 aliphatic carbocycles. The molecule has 0 spiro atoms. The van der Waals surface area contributed by atoms with Crippen LogP contribution >= 0.6 is 0 Å². The molecule has 3 rings (SSSR count). The minimum atomic E-state index is -0.464. The number of rotatable bonds is 4. The van der Waals surface area contributed by atoms with E-state index in [1.165, 1.54) is 6.20 Å². The highest BCUT2D eigenvalue weighted by Crippen LogP contribution is 2.10. The van der Waals surface area contributed by atoms with Crippen LogP contribution in [0.2, 0.25) is 0 Å². The van der Waals surface area contributed by atoms with Crippen molar-refractivity contribution in [2.75, 3.05) is 11.9 Å². The Bertz CT molecular complexity index is 714. The zero-order chi connectivity index (χ0) is 13.1. The number of fused-ring (bicyclic) bond motifs is 1. The second-order valence-corrected chi connectivity index (χ2v) is 4.05. The van der Waals surface area contributed by atoms with Crippen molar-refractivity contribution >= 4 is 16.9 Å². The first-order valence-electron chi connectivity index (χ1n) is 5.90. The summed E-state index contributed by atoms with van der Waals surface area (Å²) in [5.74, 6) is 1.35. The Balaban J connectivity index is 1.64. The van der Waals surface area contributed by atoms with E-state index in [9.17, 15) is 4.79 Å². The summed E-state index contributed by atoms with van der Waals surface area (Å²) in [7, 11) is 0. The molecule has 0 atom stereocenters. The van der Waals surface area contributed by atoms with E-state index in [2.05, 4.69) is 30.5 Å². The van der Waals surface area contributed by atoms with Crippen molar-refractivity contribution in [3.63, 3.8) is 0 Å². The van der Waals surface area contributed by atoms with Gasteiger partial charge in [0.25, 0.3) is 0 Å². The van der Waals surface area contributed by atoms with Gasteiger partial charge in [0.05, 0.1) is 17.2 Å². The molecule has 96 valence electrons. The minimum absolute atomic E-state index is 0.458. The molecule has 0 aliphatic heterocycles. The van der Waals surface area contributed by atoms with Crippen LogP contribution in [0.25, 0.3) is 11.0 Å². The van der Waals surface area contributed by atoms with Gasteiger partial charge in [-0.15, -0.1) is 0 Å². The summed E-state index contributed by atoms with van der Waals surface area (Å²) in [5.41, 5.74) is 1.51. The van der Waals surface area contributed by atoms with E-state index in [0.29, 0.717) is 18.8 Å². The molecule has 0 saturated carbocycles. The fourth-order valence-corrected chi connectivity index (χ4v) is 1.83. The van der Waals surface area contributed by atoms with Gasteiger partial charge in [-0.25, -0.2) is 14.9 Å². The van der Waals surface area contributed by atoms with Crippen LogP contribution < -0.4 is 11.0 Å². The summed E-state index contributed by atoms with van der Waals surface area (Å²) in [5, 5.41) is 8.91. The molecule has 1 aromatic carbocycles. The lowest BCUT2D eigenvalue weighted by Gasteiger charge is -2.01. The second-order valence-electron chi connectivity index (χ2n) is 4.05. The molecule has 7 nitrogen and oxygen atoms in total. The normalized spacial score (nSPS) is 10.7. The topological polar surface area (TPSA) is 99.3 Å². The van der Waals surface area contributed by atoms with E-state index in [1.54, 1.807) is 0 Å². The number of nitrogens with zero attached hydrogens (tertiary/aromatic N) is 3. The van der Waals surface area contributed by atoms with Crippen LogP contribution in [0.1, 0.15) is 5.82 Å². The second kappa shape index (κ2) is 4.89. The predicted molar refractivity (Wildman–Crippen MR) is 70.9 cm³/mol. The average molecular weight is 256 g/mol. The number of benzene rings is 1. The summed E-state index contributed by atoms with van der Waals surface area (Å²) in [4.78, 5) is 22.4. The number of aromatic amines is 2. The summed E-state index contributed by atoms with van der Waals surface area (Å²) in [6.07, 6.45) is 2.18. The monoisotopic (exact) mass is 256 g/mol. The number of imidazole rings is 1. The van der Waals surface area contributed by atoms with Gasteiger partial charge in [-0.2, -0.15) is 10.1 Å². The molecule has 7 heteroatoms. The molecule has 2 heterocycles. The molecule has 0 aliphatic rings. The Morgan fingerprint density at radius 1 is 1.21 bits per heavy atom. The summed E-state index contributed by atoms with van der Waals surface area (Å²) < 4.78 is 0. The zero-order valence-corrected chi connectivity index (χ0v) is 10.1. The van der Waals surface area contributed by atoms with Crippen molar-refractivity contribution in [3.8, 4) is 0 Å². The smallest absolute Gasteiger partial charge is 0.363 e. The summed E-state index contributed by atoms with van der Waals surface area (Å²) >= 11 is 0. The molecule has 3 aromatic rings. The first kappa shape index (κ1) is 11.4. The van der Waals surface area contributed by atoms with Crippen molar-refractivity contribution in [1.29, 1.82) is 0 Å². The number of anilines is 1. The van der Waals surface area contributed by atoms with E-state index in [0.717, 1.165) is 16.9 Å². The summed E-state index contributed by atoms with van der Waals surface area (Å²) in [6, 6.07) is 7.87. The van der Waals surface area contributed by atoms with Gasteiger partial charge in [0.15, 0.2) is 5.82 Å². The van der Waals surface area contributed by atoms with Gasteiger partial charge in [0.1, 0.15) is 5.82 Å². The molecule has 0 unspecified atom stereocenters. The maximum absolute atomic E-state index is 11.0. The standard InChI is InChI=1S/C12H12N6O/c19-12-17-11(7-14-18-12)13-6-5-10-15-8-3-1-2-4-9(8)16-10/h1-4,7H,5-6H2,(H,15,16)(H2,13,17,18,19). The third-order valence-corrected chi connectivity index (χ3v) is 2.68. The minimum Gasteiger partial charge on any atom is -0.368 e. The lowest BCUT2D eigenvalue weighted by Crippen LogP contribution is -2.16. The van der Waals surface area contributed by atoms with E-state index in [4.69, 9.17) is 0 Å². The van der Waals surface area contributed by atoms with Crippen molar-refractivity contribution in [1.82, 2.24) is 25.1 Å². The Morgan fingerprint density at radius 3 is 2.95 bits per heavy atom. The van der Waals surface area contributed by atoms with Crippen molar-refractivity contribution < 1.29 is 0 Å². The van der Waals surface area contributed by atoms with Gasteiger partial charge >= 0.3 is 5.69 Å². The third-order valence-electron chi connectivity index (χ3n) is 2.68. The van der Waals surface area contributed by atoms with Gasteiger partial charge in [-0.05, 0) is 12.1 Å². The fraction of sp³-hybridized carbons (Fsp3) is 0.167. The van der Waals surface area contributed by atoms with Gasteiger partial charge in [0, 0.05) is 13.0 Å². The highest BCUT2D eigenvalue weighted by Gasteiger charge is 2.02. The Hall–Kier alpha value is -2.70. The first-order valence-corrected chi connectivity index (χ1v) is 5.90. The van der Waals surface area contributed by atoms with E-state index < -0.39 is 5.69 Å². The SMILES string of the molecule is O=c1nc(NCCc2nc3ccccc3[nH]2)cn[nH]1. The molecular weight excluding hydrogens is 244 g/mol. The van der Waals surface area contributed by atoms with Crippen LogP contribution in [0.5, 0.6) is 0 Å². The fourth-order valence-electron chi connectivity index (χ4n) is 1.83. The van der Waals surface area contributed by atoms with Crippen molar-refractivity contribution in [2.45, 2.75) is 6.42 Å². The lowest BCUT2D eigenvalue weighted by molar-refractivity contribution is 0.886. The van der Waals surface area contributed by atoms with Gasteiger partial charge in [-0.3, -0.25) is 0 Å². The Kier molecular flexibility index (Phi) is 2.93. The molecule has 19 heavy (non-hydrogen) atoms. The molecule has 2 aromatic heterocycles. The van der Waals surface area contributed by atoms with E-state index in [-0.39, 0.29) is 0 Å². The lowest BCUT2D eigenvalue weighted by atomic mass is 10.3. The Morgan fingerprint density at radius 2 is 2.11 bits per heavy atom. The summed E-state index contributed by atoms with van der Waals surface area (Å²) in [6.45, 7) is 0.623. The number of H-pyrrole nitrogens is 2. The molecule has 0 radical (unpaired) electrons. The van der Waals surface area contributed by atoms with E-state index >= 15 is 0 Å². The van der Waals surface area contributed by atoms with Crippen LogP contribution in [-0.2, 0) is 6.42 Å². The highest BCUT2D eigenvalue weighted by molar-refractivity contribution is 5.74. The maximum Gasteiger partial charge on any atom is 0.363 e. The molecule has 0 saturated heterocycles. The Labute approximate surface area is 108 Å². The first-order chi connectivity index (χ1) is 9.31. The van der Waals surface area contributed by atoms with Gasteiger partial charge < -0.3 is 10.3 Å². The van der Waals surface area contributed by atoms with E-state index in [1.807, 2.05) is 24.3 Å². The van der Waals surface area contributed by atoms with Crippen LogP contribution in [0.3, 0.4) is 0 Å². The van der Waals surface area contributed by atoms with Crippen LogP contribution in [-0.4, -0.2) is 31.7 Å². The maximum atomic E-state index is 11.0. The highest BCUT2D eigenvalue weighted by atomic mass is 16.1. The number of para-hydroxylation sites is 2. The molecule has 0 amide bonds. The number of hydrogen-bond donors (Lipinski definition) is 3. The van der Waals surface area contributed by atoms with Gasteiger partial charge in [-0.1, -0.05) is 12.1 Å². The molecule has 0 fully saturated rings. The number of nitrogens with one attached hydrogen (secondary N) is 3. The van der Waals surface area contributed by atoms with Crippen LogP contribution in [0.15, 0.2) is 35.3 Å². The largest absolute Gasteiger partial charge is 0.368 e. The molecule has 0 bridgehead atoms. The van der Waals surface area contributed by atoms with Crippen LogP contribution in [0.4, 0.5) is 5.82 Å². The number of hydrogen-bond acceptors (Lipinski definition) is 5. The molecular formula is C12H12N6O. The predicted octanol–water partition coefficient (Wildman–Crippen LogP) is 0.696. The zero-order valence-electron chi connectivity index (χ0n) is 10.1. The average Bonchev–Trinajstić information content (AvgIpc) is 2.81.